The van der Waals surface area contributed by atoms with E-state index >= 15 is 0 Å². The van der Waals surface area contributed by atoms with Crippen molar-refractivity contribution in [3.8, 4) is 0 Å². The number of carboxylic acid groups (broad SMARTS) is 1. The zero-order valence-electron chi connectivity index (χ0n) is 15.5. The molecule has 0 bridgehead atoms. The minimum absolute atomic E-state index is 0.276. The lowest BCUT2D eigenvalue weighted by molar-refractivity contribution is -0.427. The van der Waals surface area contributed by atoms with E-state index in [0.29, 0.717) is 6.42 Å². The fraction of sp³-hybridized carbons (Fsp3) is 0.650. The first-order valence-corrected chi connectivity index (χ1v) is 9.43. The molecular weight excluding hydrogens is 318 g/mol. The number of allylic oxidation sites excluding steroid dienone is 5. The molecule has 0 aliphatic heterocycles. The molecular formula is C20H33NO4. The largest absolute Gasteiger partial charge is 0.481 e. The summed E-state index contributed by atoms with van der Waals surface area (Å²) >= 11 is 0. The number of nitro groups is 1. The topological polar surface area (TPSA) is 80.4 Å². The van der Waals surface area contributed by atoms with Crippen LogP contribution in [0.1, 0.15) is 84.0 Å². The van der Waals surface area contributed by atoms with Gasteiger partial charge in [0.15, 0.2) is 0 Å². The molecule has 142 valence electrons. The molecule has 0 unspecified atom stereocenters. The number of hydrogen-bond acceptors (Lipinski definition) is 3. The molecule has 25 heavy (non-hydrogen) atoms. The number of rotatable bonds is 16. The van der Waals surface area contributed by atoms with Crippen LogP contribution >= 0.6 is 0 Å². The van der Waals surface area contributed by atoms with Gasteiger partial charge >= 0.3 is 5.97 Å². The Kier molecular flexibility index (Phi) is 15.6. The van der Waals surface area contributed by atoms with Crippen molar-refractivity contribution in [2.24, 2.45) is 0 Å². The number of carboxylic acids is 1. The summed E-state index contributed by atoms with van der Waals surface area (Å²) in [6.07, 6.45) is 20.2. The minimum atomic E-state index is -0.710. The highest BCUT2D eigenvalue weighted by Gasteiger charge is 2.06. The van der Waals surface area contributed by atoms with E-state index in [2.05, 4.69) is 19.1 Å². The van der Waals surface area contributed by atoms with Gasteiger partial charge in [-0.2, -0.15) is 0 Å². The summed E-state index contributed by atoms with van der Waals surface area (Å²) < 4.78 is 0. The van der Waals surface area contributed by atoms with Gasteiger partial charge in [-0.1, -0.05) is 56.9 Å². The maximum atomic E-state index is 10.9. The zero-order valence-corrected chi connectivity index (χ0v) is 15.5. The van der Waals surface area contributed by atoms with Crippen molar-refractivity contribution in [1.82, 2.24) is 0 Å². The van der Waals surface area contributed by atoms with Crippen LogP contribution in [0.15, 0.2) is 36.1 Å². The van der Waals surface area contributed by atoms with Gasteiger partial charge in [-0.25, -0.2) is 0 Å². The van der Waals surface area contributed by atoms with Crippen LogP contribution in [-0.2, 0) is 4.79 Å². The number of aliphatic carboxylic acids is 1. The molecule has 0 saturated heterocycles. The van der Waals surface area contributed by atoms with Crippen molar-refractivity contribution in [2.45, 2.75) is 84.0 Å². The van der Waals surface area contributed by atoms with Crippen molar-refractivity contribution in [2.75, 3.05) is 0 Å². The molecule has 0 aromatic carbocycles. The van der Waals surface area contributed by atoms with E-state index in [9.17, 15) is 14.9 Å². The first-order valence-electron chi connectivity index (χ1n) is 9.43. The smallest absolute Gasteiger partial charge is 0.303 e. The van der Waals surface area contributed by atoms with E-state index in [1.165, 1.54) is 0 Å². The van der Waals surface area contributed by atoms with Crippen LogP contribution in [0.5, 0.6) is 0 Å². The Morgan fingerprint density at radius 2 is 1.64 bits per heavy atom. The SMILES string of the molecule is CCCC/C=C(/C/C=C/C/C=C/CCCCCCCC(=O)O)[N+](=O)[O-]. The van der Waals surface area contributed by atoms with Gasteiger partial charge < -0.3 is 5.11 Å². The monoisotopic (exact) mass is 351 g/mol. The summed E-state index contributed by atoms with van der Waals surface area (Å²) in [7, 11) is 0. The van der Waals surface area contributed by atoms with E-state index in [4.69, 9.17) is 5.11 Å². The number of unbranched alkanes of at least 4 members (excludes halogenated alkanes) is 7. The number of hydrogen-bond donors (Lipinski definition) is 1. The molecule has 5 nitrogen and oxygen atoms in total. The molecule has 0 aliphatic rings. The standard InChI is InChI=1S/C20H33NO4/c1-2-3-13-16-19(21(24)25)17-14-11-9-7-5-4-6-8-10-12-15-18-20(22)23/h5,7,11,14,16H,2-4,6,8-10,12-13,15,17-18H2,1H3,(H,22,23)/b7-5+,14-11+,19-16-. The van der Waals surface area contributed by atoms with Crippen LogP contribution in [0.3, 0.4) is 0 Å². The summed E-state index contributed by atoms with van der Waals surface area (Å²) in [5, 5.41) is 19.4. The van der Waals surface area contributed by atoms with Crippen LogP contribution in [0.2, 0.25) is 0 Å². The first-order chi connectivity index (χ1) is 12.1. The van der Waals surface area contributed by atoms with E-state index in [1.807, 2.05) is 12.2 Å². The summed E-state index contributed by atoms with van der Waals surface area (Å²) in [5.41, 5.74) is 0.288. The highest BCUT2D eigenvalue weighted by atomic mass is 16.6. The summed E-state index contributed by atoms with van der Waals surface area (Å²) in [6.45, 7) is 2.07. The Labute approximate surface area is 151 Å². The van der Waals surface area contributed by atoms with Crippen molar-refractivity contribution < 1.29 is 14.8 Å². The summed E-state index contributed by atoms with van der Waals surface area (Å²) in [4.78, 5) is 21.0. The second-order valence-electron chi connectivity index (χ2n) is 6.18. The fourth-order valence-electron chi connectivity index (χ4n) is 2.37. The van der Waals surface area contributed by atoms with Crippen LogP contribution in [-0.4, -0.2) is 16.0 Å². The van der Waals surface area contributed by atoms with Crippen LogP contribution in [0.25, 0.3) is 0 Å². The average Bonchev–Trinajstić information content (AvgIpc) is 2.56. The Bertz CT molecular complexity index is 453. The van der Waals surface area contributed by atoms with Crippen molar-refractivity contribution >= 4 is 5.97 Å². The Balaban J connectivity index is 3.68. The van der Waals surface area contributed by atoms with Gasteiger partial charge in [0, 0.05) is 6.42 Å². The second-order valence-corrected chi connectivity index (χ2v) is 6.18. The summed E-state index contributed by atoms with van der Waals surface area (Å²) in [5.74, 6) is -0.710. The molecule has 0 amide bonds. The Morgan fingerprint density at radius 1 is 0.960 bits per heavy atom. The minimum Gasteiger partial charge on any atom is -0.481 e. The molecule has 0 spiro atoms. The molecule has 1 N–H and O–H groups in total. The van der Waals surface area contributed by atoms with Gasteiger partial charge in [-0.05, 0) is 44.6 Å². The van der Waals surface area contributed by atoms with E-state index < -0.39 is 5.97 Å². The van der Waals surface area contributed by atoms with Crippen molar-refractivity contribution in [1.29, 1.82) is 0 Å². The van der Waals surface area contributed by atoms with Gasteiger partial charge in [-0.3, -0.25) is 14.9 Å². The number of carbonyl (C=O) groups is 1. The first kappa shape index (κ1) is 23.1. The van der Waals surface area contributed by atoms with E-state index in [1.54, 1.807) is 6.08 Å². The third kappa shape index (κ3) is 16.7. The Morgan fingerprint density at radius 3 is 2.32 bits per heavy atom. The maximum absolute atomic E-state index is 10.9. The molecule has 0 radical (unpaired) electrons. The molecule has 0 aromatic rings. The fourth-order valence-corrected chi connectivity index (χ4v) is 2.37. The van der Waals surface area contributed by atoms with Gasteiger partial charge in [0.25, 0.3) is 0 Å². The highest BCUT2D eigenvalue weighted by molar-refractivity contribution is 5.66. The molecule has 0 saturated carbocycles. The summed E-state index contributed by atoms with van der Waals surface area (Å²) in [6, 6.07) is 0. The quantitative estimate of drug-likeness (QED) is 0.159. The second kappa shape index (κ2) is 16.9. The Hall–Kier alpha value is -1.91. The molecule has 0 atom stereocenters. The molecule has 5 heteroatoms. The molecule has 0 aliphatic carbocycles. The zero-order chi connectivity index (χ0) is 18.8. The van der Waals surface area contributed by atoms with Gasteiger partial charge in [0.1, 0.15) is 0 Å². The highest BCUT2D eigenvalue weighted by Crippen LogP contribution is 2.09. The molecule has 0 aromatic heterocycles. The number of nitrogens with zero attached hydrogens (tertiary/aromatic N) is 1. The van der Waals surface area contributed by atoms with E-state index in [-0.39, 0.29) is 17.0 Å². The lowest BCUT2D eigenvalue weighted by Gasteiger charge is -1.98. The van der Waals surface area contributed by atoms with Crippen LogP contribution < -0.4 is 0 Å². The predicted octanol–water partition coefficient (Wildman–Crippen LogP) is 6.05. The molecule has 0 heterocycles. The lowest BCUT2D eigenvalue weighted by Crippen LogP contribution is -1.97. The lowest BCUT2D eigenvalue weighted by atomic mass is 10.1. The van der Waals surface area contributed by atoms with E-state index in [0.717, 1.165) is 64.2 Å². The van der Waals surface area contributed by atoms with Gasteiger partial charge in [-0.15, -0.1) is 0 Å². The third-order valence-corrected chi connectivity index (χ3v) is 3.87. The molecule has 0 rings (SSSR count). The van der Waals surface area contributed by atoms with Crippen LogP contribution in [0.4, 0.5) is 0 Å². The van der Waals surface area contributed by atoms with Crippen molar-refractivity contribution in [3.05, 3.63) is 46.2 Å². The van der Waals surface area contributed by atoms with Gasteiger partial charge in [0.05, 0.1) is 11.3 Å². The van der Waals surface area contributed by atoms with Crippen molar-refractivity contribution in [3.63, 3.8) is 0 Å². The maximum Gasteiger partial charge on any atom is 0.303 e. The van der Waals surface area contributed by atoms with Gasteiger partial charge in [0.2, 0.25) is 5.70 Å². The molecule has 0 fully saturated rings. The predicted molar refractivity (Wildman–Crippen MR) is 102 cm³/mol. The van der Waals surface area contributed by atoms with Crippen LogP contribution in [0, 0.1) is 10.1 Å². The third-order valence-electron chi connectivity index (χ3n) is 3.87. The average molecular weight is 351 g/mol. The normalized spacial score (nSPS) is 12.3.